The van der Waals surface area contributed by atoms with Crippen LogP contribution in [0.5, 0.6) is 5.75 Å². The van der Waals surface area contributed by atoms with Crippen LogP contribution in [0.3, 0.4) is 0 Å². The van der Waals surface area contributed by atoms with Crippen molar-refractivity contribution in [3.8, 4) is 5.75 Å². The molecule has 0 radical (unpaired) electrons. The van der Waals surface area contributed by atoms with Gasteiger partial charge < -0.3 is 10.1 Å². The normalized spacial score (nSPS) is 29.1. The number of ether oxygens (including phenoxy) is 1. The third-order valence-electron chi connectivity index (χ3n) is 6.28. The molecule has 1 aromatic heterocycles. The predicted octanol–water partition coefficient (Wildman–Crippen LogP) is 3.41. The van der Waals surface area contributed by atoms with Gasteiger partial charge in [0.25, 0.3) is 5.91 Å². The van der Waals surface area contributed by atoms with E-state index >= 15 is 0 Å². The molecule has 25 heavy (non-hydrogen) atoms. The molecular weight excluding hydrogens is 339 g/mol. The van der Waals surface area contributed by atoms with Gasteiger partial charge in [-0.1, -0.05) is 0 Å². The molecule has 4 heterocycles. The van der Waals surface area contributed by atoms with Crippen molar-refractivity contribution in [3.05, 3.63) is 28.9 Å². The van der Waals surface area contributed by atoms with E-state index in [4.69, 9.17) is 4.74 Å². The van der Waals surface area contributed by atoms with Crippen LogP contribution in [0.25, 0.3) is 10.1 Å². The number of amides is 1. The standard InChI is InChI=1S/C19H21FN2O2S/c1-24-14-10-15-12(8-13(14)20)9-16(25-15)18(23)21-17-11-2-6-22(7-3-11)19(17)4-5-19/h8-11,17H,2-7H2,1H3,(H,21,23). The molecule has 1 atom stereocenters. The molecule has 1 amide bonds. The quantitative estimate of drug-likeness (QED) is 0.912. The van der Waals surface area contributed by atoms with Gasteiger partial charge in [0.1, 0.15) is 0 Å². The molecule has 3 saturated heterocycles. The number of carbonyl (C=O) groups excluding carboxylic acids is 1. The summed E-state index contributed by atoms with van der Waals surface area (Å²) in [7, 11) is 1.45. The molecule has 1 aliphatic carbocycles. The fourth-order valence-corrected chi connectivity index (χ4v) is 5.82. The van der Waals surface area contributed by atoms with Gasteiger partial charge in [-0.05, 0) is 62.2 Å². The summed E-state index contributed by atoms with van der Waals surface area (Å²) in [6, 6.07) is 5.17. The van der Waals surface area contributed by atoms with E-state index in [1.54, 1.807) is 12.1 Å². The molecule has 3 aliphatic heterocycles. The Balaban J connectivity index is 1.42. The van der Waals surface area contributed by atoms with E-state index in [2.05, 4.69) is 10.2 Å². The van der Waals surface area contributed by atoms with E-state index in [1.165, 1.54) is 63.3 Å². The van der Waals surface area contributed by atoms with E-state index in [9.17, 15) is 9.18 Å². The lowest BCUT2D eigenvalue weighted by atomic mass is 9.77. The maximum absolute atomic E-state index is 13.9. The molecule has 6 rings (SSSR count). The summed E-state index contributed by atoms with van der Waals surface area (Å²) < 4.78 is 19.8. The Morgan fingerprint density at radius 2 is 2.08 bits per heavy atom. The zero-order valence-corrected chi connectivity index (χ0v) is 15.0. The summed E-state index contributed by atoms with van der Waals surface area (Å²) in [5.74, 6) is 0.402. The third kappa shape index (κ3) is 2.30. The number of benzene rings is 1. The fourth-order valence-electron chi connectivity index (χ4n) is 4.84. The highest BCUT2D eigenvalue weighted by Crippen LogP contribution is 2.53. The van der Waals surface area contributed by atoms with Crippen molar-refractivity contribution in [2.75, 3.05) is 20.2 Å². The molecule has 1 saturated carbocycles. The summed E-state index contributed by atoms with van der Waals surface area (Å²) in [6.07, 6.45) is 4.76. The van der Waals surface area contributed by atoms with E-state index in [0.29, 0.717) is 10.8 Å². The predicted molar refractivity (Wildman–Crippen MR) is 95.9 cm³/mol. The van der Waals surface area contributed by atoms with Gasteiger partial charge in [0.05, 0.1) is 18.0 Å². The molecule has 132 valence electrons. The minimum Gasteiger partial charge on any atom is -0.494 e. The van der Waals surface area contributed by atoms with Gasteiger partial charge in [-0.2, -0.15) is 0 Å². The molecule has 4 aliphatic rings. The van der Waals surface area contributed by atoms with Crippen LogP contribution in [-0.2, 0) is 0 Å². The molecule has 2 bridgehead atoms. The topological polar surface area (TPSA) is 41.6 Å². The van der Waals surface area contributed by atoms with Crippen molar-refractivity contribution in [1.29, 1.82) is 0 Å². The number of piperidine rings is 3. The molecule has 1 aromatic carbocycles. The summed E-state index contributed by atoms with van der Waals surface area (Å²) in [6.45, 7) is 2.36. The zero-order valence-electron chi connectivity index (χ0n) is 14.2. The summed E-state index contributed by atoms with van der Waals surface area (Å²) >= 11 is 1.40. The van der Waals surface area contributed by atoms with Crippen molar-refractivity contribution in [2.45, 2.75) is 37.3 Å². The smallest absolute Gasteiger partial charge is 0.261 e. The number of rotatable bonds is 3. The largest absolute Gasteiger partial charge is 0.494 e. The lowest BCUT2D eigenvalue weighted by molar-refractivity contribution is -0.00138. The third-order valence-corrected chi connectivity index (χ3v) is 7.38. The zero-order chi connectivity index (χ0) is 17.2. The van der Waals surface area contributed by atoms with Gasteiger partial charge in [-0.25, -0.2) is 4.39 Å². The second kappa shape index (κ2) is 5.42. The molecule has 4 fully saturated rings. The maximum Gasteiger partial charge on any atom is 0.261 e. The summed E-state index contributed by atoms with van der Waals surface area (Å²) in [5, 5.41) is 4.08. The van der Waals surface area contributed by atoms with Crippen LogP contribution in [0.15, 0.2) is 18.2 Å². The highest BCUT2D eigenvalue weighted by molar-refractivity contribution is 7.20. The van der Waals surface area contributed by atoms with Crippen LogP contribution in [-0.4, -0.2) is 42.6 Å². The Labute approximate surface area is 150 Å². The lowest BCUT2D eigenvalue weighted by Gasteiger charge is -2.52. The van der Waals surface area contributed by atoms with Crippen LogP contribution in [0.1, 0.15) is 35.4 Å². The second-order valence-electron chi connectivity index (χ2n) is 7.51. The van der Waals surface area contributed by atoms with E-state index in [-0.39, 0.29) is 23.2 Å². The van der Waals surface area contributed by atoms with Crippen LogP contribution in [0, 0.1) is 11.7 Å². The first-order chi connectivity index (χ1) is 12.1. The Kier molecular flexibility index (Phi) is 3.38. The molecule has 4 nitrogen and oxygen atoms in total. The average Bonchev–Trinajstić information content (AvgIpc) is 3.29. The number of hydrogen-bond acceptors (Lipinski definition) is 4. The molecule has 1 unspecified atom stereocenters. The SMILES string of the molecule is COc1cc2sc(C(=O)NC3C4CCN(CC4)C34CC4)cc2cc1F. The Bertz CT molecular complexity index is 852. The molecule has 6 heteroatoms. The number of fused-ring (bicyclic) bond motifs is 3. The minimum atomic E-state index is -0.394. The number of methoxy groups -OCH3 is 1. The Morgan fingerprint density at radius 3 is 2.76 bits per heavy atom. The summed E-state index contributed by atoms with van der Waals surface area (Å²) in [4.78, 5) is 16.1. The second-order valence-corrected chi connectivity index (χ2v) is 8.60. The van der Waals surface area contributed by atoms with Crippen LogP contribution >= 0.6 is 11.3 Å². The van der Waals surface area contributed by atoms with Crippen molar-refractivity contribution >= 4 is 27.3 Å². The number of nitrogens with zero attached hydrogens (tertiary/aromatic N) is 1. The Morgan fingerprint density at radius 1 is 1.32 bits per heavy atom. The van der Waals surface area contributed by atoms with Crippen molar-refractivity contribution < 1.29 is 13.9 Å². The lowest BCUT2D eigenvalue weighted by Crippen LogP contribution is -2.65. The van der Waals surface area contributed by atoms with Gasteiger partial charge in [0.15, 0.2) is 11.6 Å². The number of nitrogens with one attached hydrogen (secondary N) is 1. The van der Waals surface area contributed by atoms with E-state index in [0.717, 1.165) is 10.1 Å². The van der Waals surface area contributed by atoms with Crippen LogP contribution in [0.2, 0.25) is 0 Å². The number of carbonyl (C=O) groups is 1. The van der Waals surface area contributed by atoms with Gasteiger partial charge in [-0.15, -0.1) is 11.3 Å². The van der Waals surface area contributed by atoms with Gasteiger partial charge in [-0.3, -0.25) is 9.69 Å². The first-order valence-electron chi connectivity index (χ1n) is 8.94. The maximum atomic E-state index is 13.9. The monoisotopic (exact) mass is 360 g/mol. The van der Waals surface area contributed by atoms with E-state index in [1.807, 2.05) is 0 Å². The molecule has 1 spiro atoms. The summed E-state index contributed by atoms with van der Waals surface area (Å²) in [5.41, 5.74) is 0.225. The van der Waals surface area contributed by atoms with Crippen LogP contribution in [0.4, 0.5) is 4.39 Å². The van der Waals surface area contributed by atoms with Gasteiger partial charge in [0.2, 0.25) is 0 Å². The highest BCUT2D eigenvalue weighted by atomic mass is 32.1. The van der Waals surface area contributed by atoms with Gasteiger partial charge >= 0.3 is 0 Å². The van der Waals surface area contributed by atoms with Gasteiger partial charge in [0, 0.05) is 16.3 Å². The van der Waals surface area contributed by atoms with Crippen molar-refractivity contribution in [2.24, 2.45) is 5.92 Å². The fraction of sp³-hybridized carbons (Fsp3) is 0.526. The number of thiophene rings is 1. The van der Waals surface area contributed by atoms with Crippen molar-refractivity contribution in [1.82, 2.24) is 10.2 Å². The minimum absolute atomic E-state index is 0.0226. The first-order valence-corrected chi connectivity index (χ1v) is 9.75. The number of hydrogen-bond donors (Lipinski definition) is 1. The molecule has 2 aromatic rings. The Hall–Kier alpha value is -1.66. The first kappa shape index (κ1) is 15.6. The van der Waals surface area contributed by atoms with E-state index < -0.39 is 5.82 Å². The number of halogens is 1. The van der Waals surface area contributed by atoms with Crippen LogP contribution < -0.4 is 10.1 Å². The van der Waals surface area contributed by atoms with Crippen molar-refractivity contribution in [3.63, 3.8) is 0 Å². The molecular formula is C19H21FN2O2S. The average molecular weight is 360 g/mol. The highest BCUT2D eigenvalue weighted by Gasteiger charge is 2.60. The molecule has 1 N–H and O–H groups in total.